The Labute approximate surface area is 150 Å². The summed E-state index contributed by atoms with van der Waals surface area (Å²) in [6.07, 6.45) is 0. The fraction of sp³-hybridized carbons (Fsp3) is 0.158. The highest BCUT2D eigenvalue weighted by atomic mass is 32.1. The third-order valence-corrected chi connectivity index (χ3v) is 4.56. The third-order valence-electron chi connectivity index (χ3n) is 3.71. The molecule has 4 nitrogen and oxygen atoms in total. The molecule has 25 heavy (non-hydrogen) atoms. The number of thiazole rings is 1. The van der Waals surface area contributed by atoms with Crippen molar-refractivity contribution in [1.82, 2.24) is 10.3 Å². The van der Waals surface area contributed by atoms with Crippen molar-refractivity contribution < 1.29 is 9.18 Å². The second-order valence-corrected chi connectivity index (χ2v) is 6.68. The van der Waals surface area contributed by atoms with Crippen molar-refractivity contribution in [3.63, 3.8) is 0 Å². The lowest BCUT2D eigenvalue weighted by atomic mass is 10.1. The van der Waals surface area contributed by atoms with Gasteiger partial charge in [0.15, 0.2) is 0 Å². The molecule has 0 bridgehead atoms. The van der Waals surface area contributed by atoms with Crippen LogP contribution in [0.5, 0.6) is 0 Å². The Morgan fingerprint density at radius 1 is 1.20 bits per heavy atom. The molecule has 3 rings (SSSR count). The minimum absolute atomic E-state index is 0.294. The van der Waals surface area contributed by atoms with Crippen molar-refractivity contribution in [2.24, 2.45) is 0 Å². The summed E-state index contributed by atoms with van der Waals surface area (Å²) in [5, 5.41) is 5.55. The maximum Gasteiger partial charge on any atom is 0.251 e. The van der Waals surface area contributed by atoms with Crippen LogP contribution in [0.25, 0.3) is 11.3 Å². The van der Waals surface area contributed by atoms with Gasteiger partial charge in [0, 0.05) is 30.6 Å². The normalized spacial score (nSPS) is 10.5. The molecule has 3 aromatic rings. The Morgan fingerprint density at radius 2 is 1.96 bits per heavy atom. The van der Waals surface area contributed by atoms with E-state index < -0.39 is 5.82 Å². The van der Waals surface area contributed by atoms with Crippen LogP contribution in [0.15, 0.2) is 53.9 Å². The van der Waals surface area contributed by atoms with Gasteiger partial charge < -0.3 is 10.2 Å². The standard InChI is InChI=1S/C19H18FN3OS/c1-23(2)17-9-8-14(10-15(17)20)19(24)21-11-18-22-16(12-25-18)13-6-4-3-5-7-13/h3-10,12H,11H2,1-2H3,(H,21,24). The van der Waals surface area contributed by atoms with E-state index in [4.69, 9.17) is 0 Å². The van der Waals surface area contributed by atoms with Crippen LogP contribution in [0.2, 0.25) is 0 Å². The average Bonchev–Trinajstić information content (AvgIpc) is 3.09. The van der Waals surface area contributed by atoms with Gasteiger partial charge in [0.2, 0.25) is 0 Å². The summed E-state index contributed by atoms with van der Waals surface area (Å²) in [6, 6.07) is 14.3. The monoisotopic (exact) mass is 355 g/mol. The number of benzene rings is 2. The fourth-order valence-electron chi connectivity index (χ4n) is 2.40. The van der Waals surface area contributed by atoms with Crippen LogP contribution in [-0.2, 0) is 6.54 Å². The first kappa shape index (κ1) is 17.1. The minimum Gasteiger partial charge on any atom is -0.375 e. The number of aromatic nitrogens is 1. The summed E-state index contributed by atoms with van der Waals surface area (Å²) in [6.45, 7) is 0.313. The van der Waals surface area contributed by atoms with E-state index in [-0.39, 0.29) is 5.91 Å². The van der Waals surface area contributed by atoms with Gasteiger partial charge in [-0.3, -0.25) is 4.79 Å². The van der Waals surface area contributed by atoms with E-state index in [1.165, 1.54) is 17.4 Å². The van der Waals surface area contributed by atoms with Gasteiger partial charge in [-0.1, -0.05) is 30.3 Å². The van der Waals surface area contributed by atoms with E-state index in [2.05, 4.69) is 10.3 Å². The van der Waals surface area contributed by atoms with Crippen molar-refractivity contribution >= 4 is 22.9 Å². The van der Waals surface area contributed by atoms with Gasteiger partial charge in [0.05, 0.1) is 17.9 Å². The van der Waals surface area contributed by atoms with Crippen LogP contribution in [0, 0.1) is 5.82 Å². The van der Waals surface area contributed by atoms with E-state index in [0.29, 0.717) is 17.8 Å². The predicted molar refractivity (Wildman–Crippen MR) is 99.4 cm³/mol. The summed E-state index contributed by atoms with van der Waals surface area (Å²) >= 11 is 1.48. The van der Waals surface area contributed by atoms with Gasteiger partial charge in [0.1, 0.15) is 10.8 Å². The molecule has 0 aliphatic heterocycles. The van der Waals surface area contributed by atoms with Crippen molar-refractivity contribution in [3.8, 4) is 11.3 Å². The van der Waals surface area contributed by atoms with E-state index in [0.717, 1.165) is 16.3 Å². The van der Waals surface area contributed by atoms with E-state index in [1.807, 2.05) is 35.7 Å². The number of halogens is 1. The quantitative estimate of drug-likeness (QED) is 0.754. The predicted octanol–water partition coefficient (Wildman–Crippen LogP) is 3.95. The topological polar surface area (TPSA) is 45.2 Å². The molecule has 6 heteroatoms. The molecule has 1 amide bonds. The summed E-state index contributed by atoms with van der Waals surface area (Å²) < 4.78 is 14.0. The zero-order chi connectivity index (χ0) is 17.8. The van der Waals surface area contributed by atoms with E-state index in [1.54, 1.807) is 31.1 Å². The highest BCUT2D eigenvalue weighted by Gasteiger charge is 2.12. The number of carbonyl (C=O) groups excluding carboxylic acids is 1. The summed E-state index contributed by atoms with van der Waals surface area (Å²) in [5.41, 5.74) is 2.67. The number of amides is 1. The zero-order valence-corrected chi connectivity index (χ0v) is 14.8. The molecule has 0 fully saturated rings. The molecule has 0 saturated carbocycles. The SMILES string of the molecule is CN(C)c1ccc(C(=O)NCc2nc(-c3ccccc3)cs2)cc1F. The molecule has 0 spiro atoms. The molecule has 128 valence electrons. The van der Waals surface area contributed by atoms with Crippen LogP contribution in [0.4, 0.5) is 10.1 Å². The van der Waals surface area contributed by atoms with Crippen LogP contribution < -0.4 is 10.2 Å². The Bertz CT molecular complexity index is 877. The maximum atomic E-state index is 14.0. The van der Waals surface area contributed by atoms with Gasteiger partial charge in [-0.2, -0.15) is 0 Å². The number of nitrogens with zero attached hydrogens (tertiary/aromatic N) is 2. The molecule has 0 aliphatic carbocycles. The van der Waals surface area contributed by atoms with Gasteiger partial charge >= 0.3 is 0 Å². The Hall–Kier alpha value is -2.73. The summed E-state index contributed by atoms with van der Waals surface area (Å²) in [4.78, 5) is 18.4. The maximum absolute atomic E-state index is 14.0. The second-order valence-electron chi connectivity index (χ2n) is 5.74. The summed E-state index contributed by atoms with van der Waals surface area (Å²) in [7, 11) is 3.51. The first-order chi connectivity index (χ1) is 12.0. The number of hydrogen-bond donors (Lipinski definition) is 1. The zero-order valence-electron chi connectivity index (χ0n) is 14.0. The van der Waals surface area contributed by atoms with Gasteiger partial charge in [0.25, 0.3) is 5.91 Å². The molecule has 1 aromatic heterocycles. The van der Waals surface area contributed by atoms with Crippen molar-refractivity contribution in [1.29, 1.82) is 0 Å². The lowest BCUT2D eigenvalue weighted by molar-refractivity contribution is 0.0950. The van der Waals surface area contributed by atoms with Crippen molar-refractivity contribution in [2.45, 2.75) is 6.54 Å². The largest absolute Gasteiger partial charge is 0.375 e. The summed E-state index contributed by atoms with van der Waals surface area (Å²) in [5.74, 6) is -0.737. The number of anilines is 1. The molecule has 1 heterocycles. The molecular formula is C19H18FN3OS. The molecule has 0 unspecified atom stereocenters. The molecular weight excluding hydrogens is 337 g/mol. The lowest BCUT2D eigenvalue weighted by Gasteiger charge is -2.14. The number of carbonyl (C=O) groups is 1. The van der Waals surface area contributed by atoms with Gasteiger partial charge in [-0.15, -0.1) is 11.3 Å². The van der Waals surface area contributed by atoms with Gasteiger partial charge in [-0.25, -0.2) is 9.37 Å². The Morgan fingerprint density at radius 3 is 2.64 bits per heavy atom. The Kier molecular flexibility index (Phi) is 5.09. The molecule has 0 atom stereocenters. The van der Waals surface area contributed by atoms with Gasteiger partial charge in [-0.05, 0) is 18.2 Å². The molecule has 0 radical (unpaired) electrons. The van der Waals surface area contributed by atoms with E-state index in [9.17, 15) is 9.18 Å². The highest BCUT2D eigenvalue weighted by Crippen LogP contribution is 2.22. The first-order valence-corrected chi connectivity index (χ1v) is 8.67. The lowest BCUT2D eigenvalue weighted by Crippen LogP contribution is -2.23. The Balaban J connectivity index is 1.65. The molecule has 1 N–H and O–H groups in total. The van der Waals surface area contributed by atoms with Crippen molar-refractivity contribution in [3.05, 3.63) is 70.3 Å². The van der Waals surface area contributed by atoms with Crippen LogP contribution >= 0.6 is 11.3 Å². The number of rotatable bonds is 5. The molecule has 0 saturated heterocycles. The third kappa shape index (κ3) is 4.03. The first-order valence-electron chi connectivity index (χ1n) is 7.79. The highest BCUT2D eigenvalue weighted by molar-refractivity contribution is 7.09. The number of nitrogens with one attached hydrogen (secondary N) is 1. The van der Waals surface area contributed by atoms with Crippen LogP contribution in [0.3, 0.4) is 0 Å². The molecule has 2 aromatic carbocycles. The van der Waals surface area contributed by atoms with Crippen LogP contribution in [0.1, 0.15) is 15.4 Å². The number of hydrogen-bond acceptors (Lipinski definition) is 4. The van der Waals surface area contributed by atoms with Crippen LogP contribution in [-0.4, -0.2) is 25.0 Å². The smallest absolute Gasteiger partial charge is 0.251 e. The second kappa shape index (κ2) is 7.44. The average molecular weight is 355 g/mol. The fourth-order valence-corrected chi connectivity index (χ4v) is 3.15. The molecule has 0 aliphatic rings. The van der Waals surface area contributed by atoms with E-state index >= 15 is 0 Å². The minimum atomic E-state index is -0.418. The van der Waals surface area contributed by atoms with Crippen molar-refractivity contribution in [2.75, 3.05) is 19.0 Å².